The Bertz CT molecular complexity index is 820. The van der Waals surface area contributed by atoms with Gasteiger partial charge in [-0.05, 0) is 42.5 Å². The summed E-state index contributed by atoms with van der Waals surface area (Å²) < 4.78 is 6.68. The molecule has 1 aliphatic heterocycles. The van der Waals surface area contributed by atoms with E-state index in [0.717, 1.165) is 5.75 Å². The highest BCUT2D eigenvalue weighted by Crippen LogP contribution is 2.59. The summed E-state index contributed by atoms with van der Waals surface area (Å²) in [5, 5.41) is 1.27. The van der Waals surface area contributed by atoms with E-state index < -0.39 is 0 Å². The number of H-pyrrole nitrogens is 1. The molecule has 0 saturated heterocycles. The van der Waals surface area contributed by atoms with Crippen LogP contribution in [0.5, 0.6) is 5.75 Å². The van der Waals surface area contributed by atoms with Crippen LogP contribution in [0.4, 0.5) is 0 Å². The molecule has 1 N–H and O–H groups in total. The number of rotatable bonds is 2. The van der Waals surface area contributed by atoms with Crippen molar-refractivity contribution >= 4 is 22.7 Å². The van der Waals surface area contributed by atoms with Crippen molar-refractivity contribution < 1.29 is 4.74 Å². The maximum Gasteiger partial charge on any atom is 0.202 e. The van der Waals surface area contributed by atoms with Gasteiger partial charge in [-0.3, -0.25) is 0 Å². The summed E-state index contributed by atoms with van der Waals surface area (Å²) >= 11 is 1.91. The van der Waals surface area contributed by atoms with E-state index in [1.54, 1.807) is 0 Å². The molecule has 1 fully saturated rings. The zero-order chi connectivity index (χ0) is 16.0. The summed E-state index contributed by atoms with van der Waals surface area (Å²) in [5.74, 6) is 1.59. The maximum absolute atomic E-state index is 6.68. The normalized spacial score (nSPS) is 24.0. The molecule has 2 nitrogen and oxygen atoms in total. The van der Waals surface area contributed by atoms with E-state index in [-0.39, 0.29) is 4.93 Å². The van der Waals surface area contributed by atoms with Crippen LogP contribution in [0.2, 0.25) is 0 Å². The molecule has 0 bridgehead atoms. The van der Waals surface area contributed by atoms with Crippen molar-refractivity contribution in [2.75, 3.05) is 0 Å². The second-order valence-corrected chi connectivity index (χ2v) is 8.17. The average Bonchev–Trinajstić information content (AvgIpc) is 3.24. The molecule has 0 radical (unpaired) electrons. The van der Waals surface area contributed by atoms with Gasteiger partial charge in [-0.25, -0.2) is 0 Å². The van der Waals surface area contributed by atoms with Gasteiger partial charge < -0.3 is 9.72 Å². The van der Waals surface area contributed by atoms with Crippen LogP contribution >= 0.6 is 11.8 Å². The van der Waals surface area contributed by atoms with E-state index in [1.165, 1.54) is 53.6 Å². The lowest BCUT2D eigenvalue weighted by Crippen LogP contribution is -2.37. The summed E-state index contributed by atoms with van der Waals surface area (Å²) in [5.41, 5.74) is 2.42. The highest BCUT2D eigenvalue weighted by atomic mass is 32.2. The second-order valence-electron chi connectivity index (χ2n) is 6.92. The highest BCUT2D eigenvalue weighted by molar-refractivity contribution is 8.00. The molecule has 1 atom stereocenters. The molecule has 0 spiro atoms. The minimum absolute atomic E-state index is 0.302. The van der Waals surface area contributed by atoms with Crippen LogP contribution < -0.4 is 4.74 Å². The smallest absolute Gasteiger partial charge is 0.202 e. The predicted molar refractivity (Wildman–Crippen MR) is 99.5 cm³/mol. The molecule has 3 heteroatoms. The Balaban J connectivity index is 1.64. The van der Waals surface area contributed by atoms with Gasteiger partial charge in [-0.1, -0.05) is 61.4 Å². The van der Waals surface area contributed by atoms with Gasteiger partial charge in [0.05, 0.1) is 10.6 Å². The summed E-state index contributed by atoms with van der Waals surface area (Å²) in [6.07, 6.45) is 6.48. The molecular weight excluding hydrogens is 314 g/mol. The Labute approximate surface area is 146 Å². The van der Waals surface area contributed by atoms with Gasteiger partial charge in [0.1, 0.15) is 5.75 Å². The third-order valence-electron chi connectivity index (χ3n) is 5.42. The molecule has 2 aromatic carbocycles. The Kier molecular flexibility index (Phi) is 3.37. The average molecular weight is 335 g/mol. The van der Waals surface area contributed by atoms with Crippen LogP contribution in [0.3, 0.4) is 0 Å². The molecule has 1 saturated carbocycles. The van der Waals surface area contributed by atoms with Gasteiger partial charge in [-0.15, -0.1) is 0 Å². The lowest BCUT2D eigenvalue weighted by Gasteiger charge is -2.37. The van der Waals surface area contributed by atoms with Crippen molar-refractivity contribution in [3.05, 3.63) is 60.3 Å². The number of nitrogens with one attached hydrogen (secondary N) is 1. The third-order valence-corrected chi connectivity index (χ3v) is 6.92. The molecular formula is C21H21NOS. The quantitative estimate of drug-likeness (QED) is 0.613. The fourth-order valence-corrected chi connectivity index (χ4v) is 5.64. The molecule has 24 heavy (non-hydrogen) atoms. The molecule has 1 unspecified atom stereocenters. The van der Waals surface area contributed by atoms with Crippen LogP contribution in [0, 0.1) is 5.92 Å². The summed E-state index contributed by atoms with van der Waals surface area (Å²) in [6, 6.07) is 19.3. The van der Waals surface area contributed by atoms with Crippen molar-refractivity contribution in [3.63, 3.8) is 0 Å². The fraction of sp³-hybridized carbons (Fsp3) is 0.333. The first-order valence-corrected chi connectivity index (χ1v) is 9.72. The first-order chi connectivity index (χ1) is 11.9. The van der Waals surface area contributed by atoms with E-state index in [0.29, 0.717) is 5.92 Å². The topological polar surface area (TPSA) is 25.0 Å². The van der Waals surface area contributed by atoms with Crippen LogP contribution in [-0.4, -0.2) is 4.98 Å². The van der Waals surface area contributed by atoms with E-state index in [4.69, 9.17) is 4.74 Å². The minimum Gasteiger partial charge on any atom is -0.469 e. The van der Waals surface area contributed by atoms with E-state index >= 15 is 0 Å². The zero-order valence-electron chi connectivity index (χ0n) is 13.6. The number of ether oxygens (including phenoxy) is 1. The molecule has 1 aromatic heterocycles. The lowest BCUT2D eigenvalue weighted by molar-refractivity contribution is 0.0761. The van der Waals surface area contributed by atoms with Crippen LogP contribution in [0.15, 0.2) is 59.5 Å². The highest BCUT2D eigenvalue weighted by Gasteiger charge is 2.49. The predicted octanol–water partition coefficient (Wildman–Crippen LogP) is 6.09. The van der Waals surface area contributed by atoms with Crippen LogP contribution in [0.25, 0.3) is 10.9 Å². The molecule has 0 amide bonds. The maximum atomic E-state index is 6.68. The molecule has 5 rings (SSSR count). The fourth-order valence-electron chi connectivity index (χ4n) is 4.21. The number of hydrogen-bond donors (Lipinski definition) is 1. The number of benzene rings is 2. The van der Waals surface area contributed by atoms with E-state index in [2.05, 4.69) is 59.6 Å². The Hall–Kier alpha value is -1.87. The largest absolute Gasteiger partial charge is 0.469 e. The van der Waals surface area contributed by atoms with Crippen molar-refractivity contribution in [2.24, 2.45) is 5.92 Å². The lowest BCUT2D eigenvalue weighted by atomic mass is 9.83. The molecule has 1 aliphatic carbocycles. The first-order valence-electron chi connectivity index (χ1n) is 8.90. The Morgan fingerprint density at radius 2 is 1.75 bits per heavy atom. The van der Waals surface area contributed by atoms with Crippen molar-refractivity contribution in [1.82, 2.24) is 4.98 Å². The summed E-state index contributed by atoms with van der Waals surface area (Å²) in [6.45, 7) is 0. The second kappa shape index (κ2) is 5.59. The van der Waals surface area contributed by atoms with Crippen molar-refractivity contribution in [3.8, 4) is 5.75 Å². The van der Waals surface area contributed by atoms with Gasteiger partial charge >= 0.3 is 0 Å². The van der Waals surface area contributed by atoms with Crippen molar-refractivity contribution in [1.29, 1.82) is 0 Å². The standard InChI is InChI=1S/C21H21NOS/c1-2-9-16(10-3-1)21(23-18-12-6-7-13-19(18)24-21)20-14-15-8-4-5-11-17(15)22-20/h4-8,11-14,16,22H,1-3,9-10H2. The Morgan fingerprint density at radius 1 is 0.958 bits per heavy atom. The molecule has 122 valence electrons. The van der Waals surface area contributed by atoms with Gasteiger partial charge in [0.15, 0.2) is 0 Å². The zero-order valence-corrected chi connectivity index (χ0v) is 14.4. The van der Waals surface area contributed by atoms with Crippen molar-refractivity contribution in [2.45, 2.75) is 41.9 Å². The monoisotopic (exact) mass is 335 g/mol. The van der Waals surface area contributed by atoms with Gasteiger partial charge in [0.2, 0.25) is 4.93 Å². The number of para-hydroxylation sites is 2. The first kappa shape index (κ1) is 14.5. The SMILES string of the molecule is c1ccc2c(c1)OC(c1cc3ccccc3[nH]1)(C1CCCCC1)S2. The molecule has 2 heterocycles. The van der Waals surface area contributed by atoms with E-state index in [1.807, 2.05) is 11.8 Å². The van der Waals surface area contributed by atoms with E-state index in [9.17, 15) is 0 Å². The van der Waals surface area contributed by atoms with Gasteiger partial charge in [-0.2, -0.15) is 0 Å². The van der Waals surface area contributed by atoms with Crippen LogP contribution in [-0.2, 0) is 4.93 Å². The summed E-state index contributed by atoms with van der Waals surface area (Å²) in [4.78, 5) is 4.63. The number of thioether (sulfide) groups is 1. The molecule has 2 aliphatic rings. The number of aromatic nitrogens is 1. The number of fused-ring (bicyclic) bond motifs is 2. The van der Waals surface area contributed by atoms with Crippen LogP contribution in [0.1, 0.15) is 37.8 Å². The third kappa shape index (κ3) is 2.18. The number of aromatic amines is 1. The summed E-state index contributed by atoms with van der Waals surface area (Å²) in [7, 11) is 0. The van der Waals surface area contributed by atoms with Gasteiger partial charge in [0, 0.05) is 11.4 Å². The van der Waals surface area contributed by atoms with Gasteiger partial charge in [0.25, 0.3) is 0 Å². The molecule has 3 aromatic rings. The minimum atomic E-state index is -0.302. The number of hydrogen-bond acceptors (Lipinski definition) is 2. The Morgan fingerprint density at radius 3 is 2.58 bits per heavy atom.